The van der Waals surface area contributed by atoms with Crippen LogP contribution in [0, 0.1) is 11.6 Å². The van der Waals surface area contributed by atoms with Gasteiger partial charge >= 0.3 is 0 Å². The molecule has 176 valence electrons. The van der Waals surface area contributed by atoms with Gasteiger partial charge in [-0.05, 0) is 72.2 Å². The summed E-state index contributed by atoms with van der Waals surface area (Å²) in [5.41, 5.74) is 9.76. The van der Waals surface area contributed by atoms with Crippen molar-refractivity contribution in [3.63, 3.8) is 0 Å². The number of aromatic nitrogens is 4. The van der Waals surface area contributed by atoms with Crippen molar-refractivity contribution in [2.45, 2.75) is 50.7 Å². The Morgan fingerprint density at radius 2 is 1.94 bits per heavy atom. The highest BCUT2D eigenvalue weighted by Crippen LogP contribution is 2.34. The molecule has 2 N–H and O–H groups in total. The van der Waals surface area contributed by atoms with Crippen LogP contribution in [-0.4, -0.2) is 32.7 Å². The summed E-state index contributed by atoms with van der Waals surface area (Å²) < 4.78 is 36.3. The van der Waals surface area contributed by atoms with E-state index >= 15 is 0 Å². The fourth-order valence-corrected chi connectivity index (χ4v) is 4.97. The van der Waals surface area contributed by atoms with Crippen LogP contribution in [0.1, 0.15) is 54.1 Å². The molecule has 0 unspecified atom stereocenters. The Kier molecular flexibility index (Phi) is 6.34. The van der Waals surface area contributed by atoms with Gasteiger partial charge in [-0.2, -0.15) is 5.10 Å². The Hall–Kier alpha value is -3.23. The lowest BCUT2D eigenvalue weighted by atomic mass is 9.80. The molecule has 4 aromatic rings. The zero-order valence-corrected chi connectivity index (χ0v) is 19.0. The molecule has 0 amide bonds. The highest BCUT2D eigenvalue weighted by atomic mass is 19.1. The van der Waals surface area contributed by atoms with Crippen molar-refractivity contribution in [3.05, 3.63) is 83.1 Å². The first-order valence-electron chi connectivity index (χ1n) is 11.5. The minimum atomic E-state index is -0.677. The Balaban J connectivity index is 1.50. The van der Waals surface area contributed by atoms with Crippen LogP contribution in [0.15, 0.2) is 48.9 Å². The lowest BCUT2D eigenvalue weighted by molar-refractivity contribution is 0.184. The molecule has 0 spiro atoms. The van der Waals surface area contributed by atoms with Crippen molar-refractivity contribution in [3.8, 4) is 11.3 Å². The van der Waals surface area contributed by atoms with E-state index in [0.29, 0.717) is 23.7 Å². The number of rotatable bonds is 6. The molecule has 8 heteroatoms. The number of ether oxygens (including phenoxy) is 1. The van der Waals surface area contributed by atoms with Gasteiger partial charge in [0, 0.05) is 32.0 Å². The Labute approximate surface area is 196 Å². The van der Waals surface area contributed by atoms with Gasteiger partial charge in [-0.1, -0.05) is 6.42 Å². The van der Waals surface area contributed by atoms with Crippen LogP contribution in [-0.2, 0) is 17.8 Å². The number of nitrogens with zero attached hydrogens (tertiary/aromatic N) is 4. The van der Waals surface area contributed by atoms with Crippen molar-refractivity contribution in [2.24, 2.45) is 5.73 Å². The zero-order valence-electron chi connectivity index (χ0n) is 19.0. The second-order valence-corrected chi connectivity index (χ2v) is 8.97. The van der Waals surface area contributed by atoms with E-state index in [1.165, 1.54) is 24.8 Å². The van der Waals surface area contributed by atoms with Crippen LogP contribution in [0.4, 0.5) is 8.78 Å². The Morgan fingerprint density at radius 3 is 2.71 bits per heavy atom. The fourth-order valence-electron chi connectivity index (χ4n) is 4.97. The van der Waals surface area contributed by atoms with E-state index in [2.05, 4.69) is 21.1 Å². The van der Waals surface area contributed by atoms with Crippen molar-refractivity contribution in [1.29, 1.82) is 0 Å². The van der Waals surface area contributed by atoms with E-state index in [1.54, 1.807) is 22.8 Å². The second-order valence-electron chi connectivity index (χ2n) is 8.97. The Bertz CT molecular complexity index is 1300. The van der Waals surface area contributed by atoms with Crippen LogP contribution in [0.3, 0.4) is 0 Å². The number of pyridine rings is 1. The standard InChI is InChI=1S/C26H27F2N5O/c1-34-15-16-9-22(27)26(23(28)10-16)24-6-5-20-14-31-25(33(20)32-24)12-18-13-30-8-7-21(18)17-3-2-4-19(29)11-17/h5-10,13-14,17,19H,2-4,11-12,15,29H2,1H3/t17-,19+/m1/s1. The minimum absolute atomic E-state index is 0.131. The molecule has 0 radical (unpaired) electrons. The van der Waals surface area contributed by atoms with Gasteiger partial charge in [-0.3, -0.25) is 4.98 Å². The van der Waals surface area contributed by atoms with Gasteiger partial charge < -0.3 is 10.5 Å². The van der Waals surface area contributed by atoms with Crippen molar-refractivity contribution in [2.75, 3.05) is 7.11 Å². The summed E-state index contributed by atoms with van der Waals surface area (Å²) in [6.07, 6.45) is 10.2. The molecule has 0 bridgehead atoms. The van der Waals surface area contributed by atoms with Crippen molar-refractivity contribution >= 4 is 5.52 Å². The molecule has 3 heterocycles. The average Bonchev–Trinajstić information content (AvgIpc) is 3.21. The van der Waals surface area contributed by atoms with E-state index < -0.39 is 11.6 Å². The number of hydrogen-bond donors (Lipinski definition) is 1. The summed E-state index contributed by atoms with van der Waals surface area (Å²) in [6.45, 7) is 0.131. The summed E-state index contributed by atoms with van der Waals surface area (Å²) in [5, 5.41) is 4.56. The molecule has 0 aliphatic heterocycles. The van der Waals surface area contributed by atoms with Crippen LogP contribution in [0.5, 0.6) is 0 Å². The molecular weight excluding hydrogens is 436 g/mol. The Morgan fingerprint density at radius 1 is 1.12 bits per heavy atom. The normalized spacial score (nSPS) is 18.5. The fraction of sp³-hybridized carbons (Fsp3) is 0.346. The average molecular weight is 464 g/mol. The zero-order chi connectivity index (χ0) is 23.7. The summed E-state index contributed by atoms with van der Waals surface area (Å²) >= 11 is 0. The molecule has 1 aliphatic carbocycles. The summed E-state index contributed by atoms with van der Waals surface area (Å²) in [6, 6.07) is 8.22. The van der Waals surface area contributed by atoms with E-state index in [4.69, 9.17) is 10.5 Å². The van der Waals surface area contributed by atoms with Gasteiger partial charge in [0.2, 0.25) is 0 Å². The smallest absolute Gasteiger partial charge is 0.135 e. The third kappa shape index (κ3) is 4.43. The maximum absolute atomic E-state index is 14.8. The first kappa shape index (κ1) is 22.6. The van der Waals surface area contributed by atoms with Crippen LogP contribution in [0.2, 0.25) is 0 Å². The number of fused-ring (bicyclic) bond motifs is 1. The molecule has 1 fully saturated rings. The third-order valence-electron chi connectivity index (χ3n) is 6.57. The highest BCUT2D eigenvalue weighted by molar-refractivity contribution is 5.63. The van der Waals surface area contributed by atoms with Crippen LogP contribution < -0.4 is 5.73 Å². The molecule has 1 aromatic carbocycles. The molecule has 34 heavy (non-hydrogen) atoms. The molecule has 6 nitrogen and oxygen atoms in total. The molecule has 5 rings (SSSR count). The minimum Gasteiger partial charge on any atom is -0.380 e. The van der Waals surface area contributed by atoms with Gasteiger partial charge in [-0.25, -0.2) is 18.3 Å². The molecule has 2 atom stereocenters. The summed E-state index contributed by atoms with van der Waals surface area (Å²) in [5.74, 6) is -0.277. The van der Waals surface area contributed by atoms with Gasteiger partial charge in [0.15, 0.2) is 0 Å². The van der Waals surface area contributed by atoms with Gasteiger partial charge in [0.25, 0.3) is 0 Å². The van der Waals surface area contributed by atoms with Crippen molar-refractivity contribution < 1.29 is 13.5 Å². The number of methoxy groups -OCH3 is 1. The largest absolute Gasteiger partial charge is 0.380 e. The van der Waals surface area contributed by atoms with Crippen LogP contribution in [0.25, 0.3) is 16.8 Å². The van der Waals surface area contributed by atoms with E-state index in [-0.39, 0.29) is 23.9 Å². The second kappa shape index (κ2) is 9.56. The molecule has 1 saturated carbocycles. The van der Waals surface area contributed by atoms with E-state index in [1.807, 2.05) is 12.4 Å². The first-order chi connectivity index (χ1) is 16.5. The molecular formula is C26H27F2N5O. The SMILES string of the molecule is COCc1cc(F)c(-c2ccc3cnc(Cc4cnccc4[C@@H]4CCC[C@H](N)C4)n3n2)c(F)c1. The molecule has 1 aliphatic rings. The predicted molar refractivity (Wildman–Crippen MR) is 125 cm³/mol. The third-order valence-corrected chi connectivity index (χ3v) is 6.57. The number of hydrogen-bond acceptors (Lipinski definition) is 5. The molecule has 3 aromatic heterocycles. The maximum atomic E-state index is 14.8. The molecule has 0 saturated heterocycles. The number of halogens is 2. The monoisotopic (exact) mass is 463 g/mol. The van der Waals surface area contributed by atoms with Gasteiger partial charge in [0.1, 0.15) is 17.5 Å². The van der Waals surface area contributed by atoms with Gasteiger partial charge in [-0.15, -0.1) is 0 Å². The van der Waals surface area contributed by atoms with E-state index in [0.717, 1.165) is 36.8 Å². The lowest BCUT2D eigenvalue weighted by Gasteiger charge is -2.28. The number of benzene rings is 1. The maximum Gasteiger partial charge on any atom is 0.135 e. The lowest BCUT2D eigenvalue weighted by Crippen LogP contribution is -2.27. The van der Waals surface area contributed by atoms with Gasteiger partial charge in [0.05, 0.1) is 29.6 Å². The summed E-state index contributed by atoms with van der Waals surface area (Å²) in [7, 11) is 1.48. The highest BCUT2D eigenvalue weighted by Gasteiger charge is 2.23. The first-order valence-corrected chi connectivity index (χ1v) is 11.5. The predicted octanol–water partition coefficient (Wildman–Crippen LogP) is 4.79. The quantitative estimate of drug-likeness (QED) is 0.445. The van der Waals surface area contributed by atoms with Crippen LogP contribution >= 0.6 is 0 Å². The summed E-state index contributed by atoms with van der Waals surface area (Å²) in [4.78, 5) is 8.89. The number of imidazole rings is 1. The van der Waals surface area contributed by atoms with E-state index in [9.17, 15) is 8.78 Å². The number of nitrogens with two attached hydrogens (primary N) is 1. The topological polar surface area (TPSA) is 78.3 Å². The van der Waals surface area contributed by atoms with Crippen molar-refractivity contribution in [1.82, 2.24) is 19.6 Å².